The Bertz CT molecular complexity index is 2680. The minimum absolute atomic E-state index is 0.00803. The summed E-state index contributed by atoms with van der Waals surface area (Å²) >= 11 is 0. The number of phenolic OH excluding ortho intramolecular Hbond substituents is 4. The summed E-state index contributed by atoms with van der Waals surface area (Å²) in [4.78, 5) is 51.0. The maximum Gasteiger partial charge on any atom is 0.243 e. The molecule has 8 N–H and O–H groups in total. The Morgan fingerprint density at radius 1 is 0.338 bits per heavy atom. The molecule has 0 unspecified atom stereocenters. The van der Waals surface area contributed by atoms with Crippen molar-refractivity contribution in [2.75, 3.05) is 0 Å². The monoisotopic (exact) mass is 1100 g/mol. The SMILES string of the molecule is CC(C)(C)c1cc(CCC(=O)N(N)C(=O)CCc2cc(C(C)(C)C)cc(C(C)(C)C)c2O)c(O)c(C(C)(C)C)c1.CC(C)(C)c1cc(CCC(=O)NNC(=O)CCc2cc(C(C)(C)C)cc(C(C)(C)C)c2O)c(O)c(C(C)(C)C)c1. The van der Waals surface area contributed by atoms with Gasteiger partial charge in [-0.1, -0.05) is 215 Å². The highest BCUT2D eigenvalue weighted by Gasteiger charge is 2.30. The number of aryl methyl sites for hydroxylation is 4. The molecule has 0 radical (unpaired) electrons. The first-order chi connectivity index (χ1) is 36.0. The number of aromatic hydroxyl groups is 4. The van der Waals surface area contributed by atoms with E-state index in [2.05, 4.69) is 148 Å². The summed E-state index contributed by atoms with van der Waals surface area (Å²) < 4.78 is 0. The van der Waals surface area contributed by atoms with E-state index in [0.717, 1.165) is 55.6 Å². The smallest absolute Gasteiger partial charge is 0.243 e. The van der Waals surface area contributed by atoms with Gasteiger partial charge in [0.25, 0.3) is 0 Å². The molecule has 0 saturated heterocycles. The second kappa shape index (κ2) is 25.1. The third-order valence-electron chi connectivity index (χ3n) is 14.8. The number of imide groups is 1. The van der Waals surface area contributed by atoms with Crippen molar-refractivity contribution in [2.24, 2.45) is 5.84 Å². The number of amides is 4. The fourth-order valence-electron chi connectivity index (χ4n) is 9.18. The van der Waals surface area contributed by atoms with E-state index in [-0.39, 0.29) is 117 Å². The second-order valence-electron chi connectivity index (χ2n) is 30.4. The zero-order chi connectivity index (χ0) is 61.9. The number of benzene rings is 4. The molecule has 0 spiro atoms. The van der Waals surface area contributed by atoms with Crippen molar-refractivity contribution in [1.82, 2.24) is 15.9 Å². The Morgan fingerprint density at radius 2 is 0.525 bits per heavy atom. The Hall–Kier alpha value is -5.88. The Kier molecular flexibility index (Phi) is 21.4. The van der Waals surface area contributed by atoms with Gasteiger partial charge in [-0.2, -0.15) is 0 Å². The first-order valence-electron chi connectivity index (χ1n) is 28.6. The summed E-state index contributed by atoms with van der Waals surface area (Å²) in [6, 6.07) is 16.0. The molecule has 0 aromatic heterocycles. The van der Waals surface area contributed by atoms with Crippen LogP contribution in [0.2, 0.25) is 0 Å². The van der Waals surface area contributed by atoms with Crippen LogP contribution < -0.4 is 16.7 Å². The van der Waals surface area contributed by atoms with Gasteiger partial charge in [-0.05, 0) is 136 Å². The number of hydrogen-bond acceptors (Lipinski definition) is 9. The van der Waals surface area contributed by atoms with Crippen LogP contribution in [0.5, 0.6) is 23.0 Å². The van der Waals surface area contributed by atoms with Gasteiger partial charge in [-0.15, -0.1) is 0 Å². The van der Waals surface area contributed by atoms with Gasteiger partial charge >= 0.3 is 0 Å². The van der Waals surface area contributed by atoms with Crippen LogP contribution in [0.3, 0.4) is 0 Å². The number of carbonyl (C=O) groups excluding carboxylic acids is 4. The summed E-state index contributed by atoms with van der Waals surface area (Å²) in [5, 5.41) is 44.7. The van der Waals surface area contributed by atoms with Crippen LogP contribution in [0, 0.1) is 0 Å². The van der Waals surface area contributed by atoms with Gasteiger partial charge in [0, 0.05) is 25.7 Å². The molecule has 12 nitrogen and oxygen atoms in total. The highest BCUT2D eigenvalue weighted by Crippen LogP contribution is 2.42. The van der Waals surface area contributed by atoms with Crippen LogP contribution in [0.25, 0.3) is 0 Å². The van der Waals surface area contributed by atoms with Crippen LogP contribution in [0.1, 0.15) is 259 Å². The fraction of sp³-hybridized carbons (Fsp3) is 0.588. The van der Waals surface area contributed by atoms with Gasteiger partial charge in [-0.3, -0.25) is 30.0 Å². The lowest BCUT2D eigenvalue weighted by atomic mass is 9.78. The molecule has 444 valence electrons. The van der Waals surface area contributed by atoms with Crippen LogP contribution in [0.4, 0.5) is 0 Å². The van der Waals surface area contributed by atoms with E-state index in [9.17, 15) is 39.6 Å². The van der Waals surface area contributed by atoms with Crippen molar-refractivity contribution in [3.63, 3.8) is 0 Å². The van der Waals surface area contributed by atoms with Gasteiger partial charge in [0.1, 0.15) is 23.0 Å². The van der Waals surface area contributed by atoms with E-state index < -0.39 is 11.8 Å². The minimum Gasteiger partial charge on any atom is -0.507 e. The minimum atomic E-state index is -0.508. The maximum absolute atomic E-state index is 12.9. The molecule has 0 fully saturated rings. The highest BCUT2D eigenvalue weighted by atomic mass is 16.3. The summed E-state index contributed by atoms with van der Waals surface area (Å²) in [5.74, 6) is 5.11. The molecule has 0 heterocycles. The number of nitrogens with two attached hydrogens (primary N) is 1. The third kappa shape index (κ3) is 18.8. The van der Waals surface area contributed by atoms with Gasteiger partial charge in [0.15, 0.2) is 0 Å². The molecule has 0 saturated carbocycles. The molecule has 4 aromatic rings. The number of hydrazine groups is 2. The Balaban J connectivity index is 0.000000420. The third-order valence-corrected chi connectivity index (χ3v) is 14.8. The van der Waals surface area contributed by atoms with E-state index in [1.165, 1.54) is 0 Å². The largest absolute Gasteiger partial charge is 0.507 e. The van der Waals surface area contributed by atoms with Gasteiger partial charge in [0.05, 0.1) is 0 Å². The normalized spacial score (nSPS) is 12.9. The topological polar surface area (TPSA) is 203 Å². The van der Waals surface area contributed by atoms with Crippen molar-refractivity contribution in [3.8, 4) is 23.0 Å². The summed E-state index contributed by atoms with van der Waals surface area (Å²) in [5.41, 5.74) is 14.0. The number of phenols is 4. The van der Waals surface area contributed by atoms with Crippen molar-refractivity contribution in [3.05, 3.63) is 115 Å². The molecular weight excluding hydrogens is 1000 g/mol. The average molecular weight is 1110 g/mol. The summed E-state index contributed by atoms with van der Waals surface area (Å²) in [6.45, 7) is 50.0. The molecule has 12 heteroatoms. The lowest BCUT2D eigenvalue weighted by molar-refractivity contribution is -0.145. The predicted molar refractivity (Wildman–Crippen MR) is 328 cm³/mol. The lowest BCUT2D eigenvalue weighted by Gasteiger charge is -2.28. The molecule has 0 bridgehead atoms. The summed E-state index contributed by atoms with van der Waals surface area (Å²) in [6.07, 6.45) is 1.46. The molecule has 0 aliphatic carbocycles. The van der Waals surface area contributed by atoms with E-state index >= 15 is 0 Å². The number of hydrogen-bond donors (Lipinski definition) is 7. The molecule has 4 rings (SSSR count). The highest BCUT2D eigenvalue weighted by molar-refractivity contribution is 5.94. The van der Waals surface area contributed by atoms with Gasteiger partial charge < -0.3 is 20.4 Å². The molecule has 0 atom stereocenters. The fourth-order valence-corrected chi connectivity index (χ4v) is 9.18. The average Bonchev–Trinajstić information content (AvgIpc) is 3.28. The Morgan fingerprint density at radius 3 is 0.700 bits per heavy atom. The van der Waals surface area contributed by atoms with E-state index in [1.54, 1.807) is 0 Å². The standard InChI is InChI=1S/2C34H52N2O4/c1-31(2,3)23-17-21(29(39)25(19-23)33(7,8)9)13-15-27(37)36(35)28(38)16-14-22-18-24(32(4,5)6)20-26(30(22)40)34(10,11)12;1-31(2,3)23-17-21(29(39)25(19-23)33(7,8)9)13-15-27(37)35-36-28(38)16-14-22-18-24(32(4,5)6)20-26(30(22)40)34(10,11)12/h17-20,39-40H,13-16,35H2,1-12H3;17-20,39-40H,13-16H2,1-12H3,(H,35,37)(H,36,38). The number of nitrogens with one attached hydrogen (secondary N) is 2. The number of rotatable bonds is 12. The molecule has 4 aromatic carbocycles. The van der Waals surface area contributed by atoms with Crippen molar-refractivity contribution in [2.45, 2.75) is 261 Å². The zero-order valence-corrected chi connectivity index (χ0v) is 53.7. The van der Waals surface area contributed by atoms with Crippen LogP contribution in [-0.2, 0) is 88.2 Å². The van der Waals surface area contributed by atoms with E-state index in [4.69, 9.17) is 5.84 Å². The number of nitrogens with zero attached hydrogens (tertiary/aromatic N) is 1. The predicted octanol–water partition coefficient (Wildman–Crippen LogP) is 14.1. The molecule has 0 aliphatic heterocycles. The van der Waals surface area contributed by atoms with Gasteiger partial charge in [0.2, 0.25) is 23.6 Å². The van der Waals surface area contributed by atoms with E-state index in [1.807, 2.05) is 77.9 Å². The second-order valence-corrected chi connectivity index (χ2v) is 30.4. The summed E-state index contributed by atoms with van der Waals surface area (Å²) in [7, 11) is 0. The van der Waals surface area contributed by atoms with Crippen LogP contribution >= 0.6 is 0 Å². The van der Waals surface area contributed by atoms with Crippen LogP contribution in [-0.4, -0.2) is 49.1 Å². The quantitative estimate of drug-likeness (QED) is 0.0409. The first-order valence-corrected chi connectivity index (χ1v) is 28.6. The molecule has 4 amide bonds. The zero-order valence-electron chi connectivity index (χ0n) is 53.7. The van der Waals surface area contributed by atoms with Crippen molar-refractivity contribution >= 4 is 23.6 Å². The lowest BCUT2D eigenvalue weighted by Crippen LogP contribution is -2.42. The van der Waals surface area contributed by atoms with Crippen molar-refractivity contribution in [1.29, 1.82) is 0 Å². The molecule has 0 aliphatic rings. The molecular formula is C68H104N4O8. The molecule has 80 heavy (non-hydrogen) atoms. The van der Waals surface area contributed by atoms with E-state index in [0.29, 0.717) is 29.0 Å². The van der Waals surface area contributed by atoms with Crippen molar-refractivity contribution < 1.29 is 39.6 Å². The Labute approximate surface area is 482 Å². The van der Waals surface area contributed by atoms with Crippen LogP contribution in [0.15, 0.2) is 48.5 Å². The van der Waals surface area contributed by atoms with Gasteiger partial charge in [-0.25, -0.2) is 10.9 Å². The first kappa shape index (κ1) is 68.4. The number of carbonyl (C=O) groups is 4. The maximum atomic E-state index is 12.9.